The second kappa shape index (κ2) is 7.34. The average Bonchev–Trinajstić information content (AvgIpc) is 2.98. The van der Waals surface area contributed by atoms with Gasteiger partial charge in [-0.1, -0.05) is 0 Å². The molecule has 0 atom stereocenters. The quantitative estimate of drug-likeness (QED) is 0.786. The van der Waals surface area contributed by atoms with Gasteiger partial charge in [-0.05, 0) is 6.07 Å². The van der Waals surface area contributed by atoms with Crippen LogP contribution in [-0.2, 0) is 17.8 Å². The minimum Gasteiger partial charge on any atom is -0.497 e. The first-order valence-electron chi connectivity index (χ1n) is 6.38. The van der Waals surface area contributed by atoms with E-state index in [1.807, 2.05) is 4.57 Å². The maximum absolute atomic E-state index is 12.0. The molecule has 0 aromatic carbocycles. The lowest BCUT2D eigenvalue weighted by Crippen LogP contribution is -2.25. The van der Waals surface area contributed by atoms with Gasteiger partial charge in [0.1, 0.15) is 17.8 Å². The number of pyridine rings is 1. The molecule has 1 amide bonds. The second-order valence-corrected chi connectivity index (χ2v) is 4.20. The molecule has 2 rings (SSSR count). The van der Waals surface area contributed by atoms with Crippen molar-refractivity contribution in [3.63, 3.8) is 0 Å². The fourth-order valence-electron chi connectivity index (χ4n) is 1.70. The van der Waals surface area contributed by atoms with Gasteiger partial charge in [-0.2, -0.15) is 0 Å². The maximum atomic E-state index is 12.0. The molecule has 0 spiro atoms. The Morgan fingerprint density at radius 3 is 3.05 bits per heavy atom. The van der Waals surface area contributed by atoms with E-state index in [2.05, 4.69) is 20.5 Å². The third-order valence-electron chi connectivity index (χ3n) is 2.84. The molecule has 0 fully saturated rings. The average molecular weight is 291 g/mol. The molecular weight excluding hydrogens is 274 g/mol. The van der Waals surface area contributed by atoms with E-state index in [0.717, 1.165) is 0 Å². The van der Waals surface area contributed by atoms with Gasteiger partial charge in [0.2, 0.25) is 0 Å². The molecule has 2 heterocycles. The summed E-state index contributed by atoms with van der Waals surface area (Å²) >= 11 is 0. The van der Waals surface area contributed by atoms with Crippen molar-refractivity contribution < 1.29 is 14.3 Å². The van der Waals surface area contributed by atoms with E-state index in [1.54, 1.807) is 25.6 Å². The Balaban J connectivity index is 1.96. The number of hydrogen-bond donors (Lipinski definition) is 1. The number of amides is 1. The highest BCUT2D eigenvalue weighted by molar-refractivity contribution is 5.92. The van der Waals surface area contributed by atoms with Gasteiger partial charge in [0.25, 0.3) is 5.91 Å². The third-order valence-corrected chi connectivity index (χ3v) is 2.84. The second-order valence-electron chi connectivity index (χ2n) is 4.20. The van der Waals surface area contributed by atoms with Gasteiger partial charge in [0.05, 0.1) is 20.3 Å². The molecular formula is C13H17N5O3. The minimum atomic E-state index is -0.296. The van der Waals surface area contributed by atoms with E-state index in [-0.39, 0.29) is 18.1 Å². The lowest BCUT2D eigenvalue weighted by Gasteiger charge is -2.07. The SMILES string of the molecule is COCCn1cnnc1CNC(=O)c1cc(OC)ccn1. The lowest BCUT2D eigenvalue weighted by molar-refractivity contribution is 0.0944. The number of hydrogen-bond acceptors (Lipinski definition) is 6. The Kier molecular flexibility index (Phi) is 5.22. The summed E-state index contributed by atoms with van der Waals surface area (Å²) in [6.45, 7) is 1.45. The van der Waals surface area contributed by atoms with Crippen LogP contribution in [0.2, 0.25) is 0 Å². The Hall–Kier alpha value is -2.48. The first-order valence-corrected chi connectivity index (χ1v) is 6.38. The molecule has 2 aromatic rings. The Morgan fingerprint density at radius 1 is 1.43 bits per heavy atom. The van der Waals surface area contributed by atoms with Gasteiger partial charge in [-0.15, -0.1) is 10.2 Å². The highest BCUT2D eigenvalue weighted by Crippen LogP contribution is 2.09. The predicted octanol–water partition coefficient (Wildman–Crippen LogP) is 0.258. The van der Waals surface area contributed by atoms with Crippen LogP contribution in [0.1, 0.15) is 16.3 Å². The monoisotopic (exact) mass is 291 g/mol. The van der Waals surface area contributed by atoms with Crippen molar-refractivity contribution in [2.24, 2.45) is 0 Å². The van der Waals surface area contributed by atoms with Gasteiger partial charge in [0, 0.05) is 25.9 Å². The van der Waals surface area contributed by atoms with Crippen LogP contribution in [0.5, 0.6) is 5.75 Å². The number of aromatic nitrogens is 4. The zero-order valence-electron chi connectivity index (χ0n) is 11.9. The lowest BCUT2D eigenvalue weighted by atomic mass is 10.3. The fourth-order valence-corrected chi connectivity index (χ4v) is 1.70. The van der Waals surface area contributed by atoms with Gasteiger partial charge >= 0.3 is 0 Å². The van der Waals surface area contributed by atoms with Gasteiger partial charge in [0.15, 0.2) is 5.82 Å². The third kappa shape index (κ3) is 3.99. The molecule has 112 valence electrons. The molecule has 0 saturated carbocycles. The smallest absolute Gasteiger partial charge is 0.270 e. The van der Waals surface area contributed by atoms with Gasteiger partial charge < -0.3 is 19.4 Å². The summed E-state index contributed by atoms with van der Waals surface area (Å²) in [5, 5.41) is 10.5. The standard InChI is InChI=1S/C13H17N5O3/c1-20-6-5-18-9-16-17-12(18)8-15-13(19)11-7-10(21-2)3-4-14-11/h3-4,7,9H,5-6,8H2,1-2H3,(H,15,19). The maximum Gasteiger partial charge on any atom is 0.270 e. The summed E-state index contributed by atoms with van der Waals surface area (Å²) < 4.78 is 11.9. The molecule has 21 heavy (non-hydrogen) atoms. The van der Waals surface area contributed by atoms with Crippen molar-refractivity contribution in [3.05, 3.63) is 36.2 Å². The molecule has 1 N–H and O–H groups in total. The van der Waals surface area contributed by atoms with Crippen LogP contribution in [0.15, 0.2) is 24.7 Å². The zero-order chi connectivity index (χ0) is 15.1. The summed E-state index contributed by atoms with van der Waals surface area (Å²) in [7, 11) is 3.16. The Labute approximate surface area is 122 Å². The minimum absolute atomic E-state index is 0.265. The summed E-state index contributed by atoms with van der Waals surface area (Å²) in [5.74, 6) is 0.942. The molecule has 0 radical (unpaired) electrons. The molecule has 2 aromatic heterocycles. The normalized spacial score (nSPS) is 10.4. The molecule has 0 bridgehead atoms. The molecule has 0 aliphatic carbocycles. The number of methoxy groups -OCH3 is 2. The zero-order valence-corrected chi connectivity index (χ0v) is 11.9. The summed E-state index contributed by atoms with van der Waals surface area (Å²) in [6.07, 6.45) is 3.12. The number of carbonyl (C=O) groups excluding carboxylic acids is 1. The summed E-state index contributed by atoms with van der Waals surface area (Å²) in [4.78, 5) is 16.0. The molecule has 0 aliphatic heterocycles. The summed E-state index contributed by atoms with van der Waals surface area (Å²) in [6, 6.07) is 3.25. The number of carbonyl (C=O) groups is 1. The van der Waals surface area contributed by atoms with Crippen molar-refractivity contribution in [1.29, 1.82) is 0 Å². The molecule has 8 nitrogen and oxygen atoms in total. The summed E-state index contributed by atoms with van der Waals surface area (Å²) in [5.41, 5.74) is 0.289. The highest BCUT2D eigenvalue weighted by Gasteiger charge is 2.10. The van der Waals surface area contributed by atoms with Crippen LogP contribution in [0.4, 0.5) is 0 Å². The Morgan fingerprint density at radius 2 is 2.29 bits per heavy atom. The van der Waals surface area contributed by atoms with Crippen molar-refractivity contribution >= 4 is 5.91 Å². The van der Waals surface area contributed by atoms with E-state index in [1.165, 1.54) is 13.3 Å². The van der Waals surface area contributed by atoms with Crippen molar-refractivity contribution in [1.82, 2.24) is 25.1 Å². The number of nitrogens with one attached hydrogen (secondary N) is 1. The number of ether oxygens (including phenoxy) is 2. The molecule has 8 heteroatoms. The topological polar surface area (TPSA) is 91.2 Å². The van der Waals surface area contributed by atoms with Crippen LogP contribution in [0, 0.1) is 0 Å². The van der Waals surface area contributed by atoms with Crippen LogP contribution in [0.25, 0.3) is 0 Å². The van der Waals surface area contributed by atoms with Crippen molar-refractivity contribution in [3.8, 4) is 5.75 Å². The highest BCUT2D eigenvalue weighted by atomic mass is 16.5. The predicted molar refractivity (Wildman–Crippen MR) is 73.9 cm³/mol. The Bertz CT molecular complexity index is 599. The molecule has 0 saturated heterocycles. The largest absolute Gasteiger partial charge is 0.497 e. The van der Waals surface area contributed by atoms with E-state index in [0.29, 0.717) is 24.7 Å². The van der Waals surface area contributed by atoms with Crippen LogP contribution in [-0.4, -0.2) is 46.5 Å². The fraction of sp³-hybridized carbons (Fsp3) is 0.385. The van der Waals surface area contributed by atoms with E-state index in [4.69, 9.17) is 9.47 Å². The first kappa shape index (κ1) is 14.9. The van der Waals surface area contributed by atoms with Crippen molar-refractivity contribution in [2.45, 2.75) is 13.1 Å². The number of rotatable bonds is 7. The molecule has 0 unspecified atom stereocenters. The van der Waals surface area contributed by atoms with Crippen molar-refractivity contribution in [2.75, 3.05) is 20.8 Å². The van der Waals surface area contributed by atoms with Crippen LogP contribution < -0.4 is 10.1 Å². The van der Waals surface area contributed by atoms with Gasteiger partial charge in [-0.25, -0.2) is 0 Å². The van der Waals surface area contributed by atoms with Crippen LogP contribution >= 0.6 is 0 Å². The first-order chi connectivity index (χ1) is 10.2. The number of nitrogens with zero attached hydrogens (tertiary/aromatic N) is 4. The van der Waals surface area contributed by atoms with E-state index >= 15 is 0 Å². The van der Waals surface area contributed by atoms with Gasteiger partial charge in [-0.3, -0.25) is 9.78 Å². The van der Waals surface area contributed by atoms with E-state index < -0.39 is 0 Å². The van der Waals surface area contributed by atoms with Crippen LogP contribution in [0.3, 0.4) is 0 Å². The molecule has 0 aliphatic rings. The van der Waals surface area contributed by atoms with E-state index in [9.17, 15) is 4.79 Å².